The first-order valence-electron chi connectivity index (χ1n) is 11.6. The second kappa shape index (κ2) is 8.56. The van der Waals surface area contributed by atoms with Gasteiger partial charge in [0.15, 0.2) is 10.9 Å². The van der Waals surface area contributed by atoms with Crippen LogP contribution in [0.4, 0.5) is 5.13 Å². The average Bonchev–Trinajstić information content (AvgIpc) is 3.54. The molecule has 5 aromatic rings. The first kappa shape index (κ1) is 22.9. The number of rotatable bonds is 4. The number of nitrogens with zero attached hydrogens (tertiary/aromatic N) is 4. The van der Waals surface area contributed by atoms with E-state index in [0.717, 1.165) is 10.3 Å². The van der Waals surface area contributed by atoms with Crippen LogP contribution in [0.5, 0.6) is 5.75 Å². The monoisotopic (exact) mass is 510 g/mol. The van der Waals surface area contributed by atoms with Gasteiger partial charge in [-0.05, 0) is 49.7 Å². The Morgan fingerprint density at radius 1 is 1.03 bits per heavy atom. The molecule has 1 fully saturated rings. The van der Waals surface area contributed by atoms with Gasteiger partial charge in [0.1, 0.15) is 17.1 Å². The fraction of sp³-hybridized carbons (Fsp3) is 0.143. The molecule has 0 spiro atoms. The number of carbonyl (C=O) groups excluding carboxylic acids is 2. The van der Waals surface area contributed by atoms with Crippen LogP contribution in [0, 0.1) is 13.8 Å². The van der Waals surface area contributed by atoms with Gasteiger partial charge in [0, 0.05) is 6.20 Å². The van der Waals surface area contributed by atoms with Crippen LogP contribution in [0.2, 0.25) is 0 Å². The van der Waals surface area contributed by atoms with Crippen LogP contribution in [0.1, 0.15) is 28.6 Å². The molecule has 0 bridgehead atoms. The Morgan fingerprint density at radius 2 is 1.81 bits per heavy atom. The van der Waals surface area contributed by atoms with Crippen molar-refractivity contribution in [1.82, 2.24) is 14.4 Å². The molecular formula is C28H22N4O4S. The number of benzene rings is 2. The van der Waals surface area contributed by atoms with E-state index in [1.54, 1.807) is 30.7 Å². The summed E-state index contributed by atoms with van der Waals surface area (Å²) in [4.78, 5) is 37.7. The Morgan fingerprint density at radius 3 is 2.57 bits per heavy atom. The minimum atomic E-state index is -0.864. The lowest BCUT2D eigenvalue weighted by Crippen LogP contribution is -2.29. The number of imidazole rings is 1. The van der Waals surface area contributed by atoms with Crippen LogP contribution in [-0.2, 0) is 9.59 Å². The predicted molar refractivity (Wildman–Crippen MR) is 142 cm³/mol. The highest BCUT2D eigenvalue weighted by Crippen LogP contribution is 2.45. The summed E-state index contributed by atoms with van der Waals surface area (Å²) in [5, 5.41) is 12.0. The van der Waals surface area contributed by atoms with E-state index < -0.39 is 17.7 Å². The van der Waals surface area contributed by atoms with Gasteiger partial charge in [-0.1, -0.05) is 47.2 Å². The molecule has 1 amide bonds. The standard InChI is InChI=1S/C28H22N4O4S/c1-15-7-9-17(10-8-15)24-22(25(33)23-16(2)29-21-6-4-5-13-31(21)23)26(34)27(35)32(24)28-30-19-12-11-18(36-3)14-20(19)37-28/h4-14,24,33H,1-3H3/b25-22+. The van der Waals surface area contributed by atoms with Crippen molar-refractivity contribution in [2.24, 2.45) is 0 Å². The van der Waals surface area contributed by atoms with Crippen LogP contribution in [0.25, 0.3) is 21.6 Å². The number of fused-ring (bicyclic) bond motifs is 2. The average molecular weight is 511 g/mol. The molecule has 9 heteroatoms. The van der Waals surface area contributed by atoms with Crippen molar-refractivity contribution in [3.63, 3.8) is 0 Å². The maximum Gasteiger partial charge on any atom is 0.301 e. The van der Waals surface area contributed by atoms with Gasteiger partial charge in [-0.3, -0.25) is 18.9 Å². The number of aliphatic hydroxyl groups excluding tert-OH is 1. The molecule has 4 heterocycles. The highest BCUT2D eigenvalue weighted by atomic mass is 32.1. The molecule has 6 rings (SSSR count). The lowest BCUT2D eigenvalue weighted by atomic mass is 9.96. The van der Waals surface area contributed by atoms with Gasteiger partial charge in [-0.15, -0.1) is 0 Å². The van der Waals surface area contributed by atoms with E-state index in [1.807, 2.05) is 61.5 Å². The molecule has 184 valence electrons. The minimum Gasteiger partial charge on any atom is -0.505 e. The number of carbonyl (C=O) groups is 2. The Balaban J connectivity index is 1.59. The van der Waals surface area contributed by atoms with Crippen molar-refractivity contribution >= 4 is 49.8 Å². The SMILES string of the molecule is COc1ccc2nc(N3C(=O)C(=O)/C(=C(/O)c4c(C)nc5ccccn45)C3c3ccc(C)cc3)sc2c1. The fourth-order valence-corrected chi connectivity index (χ4v) is 5.76. The largest absolute Gasteiger partial charge is 0.505 e. The Labute approximate surface area is 216 Å². The summed E-state index contributed by atoms with van der Waals surface area (Å²) in [6, 6.07) is 17.6. The second-order valence-electron chi connectivity index (χ2n) is 8.88. The van der Waals surface area contributed by atoms with Crippen LogP contribution in [-0.4, -0.2) is 38.3 Å². The van der Waals surface area contributed by atoms with Gasteiger partial charge in [0.05, 0.1) is 34.6 Å². The van der Waals surface area contributed by atoms with E-state index in [2.05, 4.69) is 9.97 Å². The van der Waals surface area contributed by atoms with Crippen LogP contribution < -0.4 is 9.64 Å². The molecule has 2 aromatic carbocycles. The first-order chi connectivity index (χ1) is 17.9. The second-order valence-corrected chi connectivity index (χ2v) is 9.89. The molecule has 1 N–H and O–H groups in total. The molecule has 3 aromatic heterocycles. The van der Waals surface area contributed by atoms with E-state index >= 15 is 0 Å². The van der Waals surface area contributed by atoms with Gasteiger partial charge in [0.25, 0.3) is 5.78 Å². The highest BCUT2D eigenvalue weighted by Gasteiger charge is 2.48. The summed E-state index contributed by atoms with van der Waals surface area (Å²) >= 11 is 1.29. The number of thiazole rings is 1. The lowest BCUT2D eigenvalue weighted by molar-refractivity contribution is -0.132. The number of pyridine rings is 1. The lowest BCUT2D eigenvalue weighted by Gasteiger charge is -2.23. The molecule has 1 saturated heterocycles. The number of aromatic nitrogens is 3. The molecule has 1 aliphatic rings. The zero-order valence-corrected chi connectivity index (χ0v) is 21.1. The highest BCUT2D eigenvalue weighted by molar-refractivity contribution is 7.22. The van der Waals surface area contributed by atoms with Gasteiger partial charge in [-0.25, -0.2) is 9.97 Å². The summed E-state index contributed by atoms with van der Waals surface area (Å²) in [5.41, 5.74) is 3.95. The molecular weight excluding hydrogens is 488 g/mol. The number of methoxy groups -OCH3 is 1. The molecule has 1 unspecified atom stereocenters. The van der Waals surface area contributed by atoms with Crippen molar-refractivity contribution in [2.75, 3.05) is 12.0 Å². The molecule has 0 aliphatic carbocycles. The minimum absolute atomic E-state index is 0.000516. The molecule has 0 radical (unpaired) electrons. The number of ketones is 1. The van der Waals surface area contributed by atoms with E-state index in [4.69, 9.17) is 4.74 Å². The third kappa shape index (κ3) is 3.58. The van der Waals surface area contributed by atoms with Crippen molar-refractivity contribution in [1.29, 1.82) is 0 Å². The smallest absolute Gasteiger partial charge is 0.301 e. The Bertz CT molecular complexity index is 1750. The predicted octanol–water partition coefficient (Wildman–Crippen LogP) is 5.20. The number of ether oxygens (including phenoxy) is 1. The summed E-state index contributed by atoms with van der Waals surface area (Å²) in [6.45, 7) is 3.73. The van der Waals surface area contributed by atoms with Gasteiger partial charge in [-0.2, -0.15) is 0 Å². The molecule has 37 heavy (non-hydrogen) atoms. The van der Waals surface area contributed by atoms with E-state index in [1.165, 1.54) is 16.2 Å². The third-order valence-electron chi connectivity index (χ3n) is 6.56. The zero-order valence-electron chi connectivity index (χ0n) is 20.3. The number of anilines is 1. The van der Waals surface area contributed by atoms with Crippen molar-refractivity contribution in [3.8, 4) is 5.75 Å². The maximum atomic E-state index is 13.6. The summed E-state index contributed by atoms with van der Waals surface area (Å²) in [5.74, 6) is -1.12. The zero-order chi connectivity index (χ0) is 25.8. The quantitative estimate of drug-likeness (QED) is 0.203. The number of amides is 1. The van der Waals surface area contributed by atoms with Gasteiger partial charge >= 0.3 is 5.91 Å². The van der Waals surface area contributed by atoms with Crippen molar-refractivity contribution in [3.05, 3.63) is 94.9 Å². The Hall–Kier alpha value is -4.50. The number of Topliss-reactive ketones (excluding diaryl/α,β-unsaturated/α-hetero) is 1. The van der Waals surface area contributed by atoms with Crippen LogP contribution in [0.3, 0.4) is 0 Å². The maximum absolute atomic E-state index is 13.6. The van der Waals surface area contributed by atoms with E-state index in [9.17, 15) is 14.7 Å². The number of hydrogen-bond donors (Lipinski definition) is 1. The molecule has 1 aliphatic heterocycles. The molecule has 1 atom stereocenters. The van der Waals surface area contributed by atoms with Crippen molar-refractivity contribution in [2.45, 2.75) is 19.9 Å². The van der Waals surface area contributed by atoms with Gasteiger partial charge in [0.2, 0.25) is 0 Å². The topological polar surface area (TPSA) is 97.0 Å². The van der Waals surface area contributed by atoms with Crippen molar-refractivity contribution < 1.29 is 19.4 Å². The van der Waals surface area contributed by atoms with Crippen LogP contribution in [0.15, 0.2) is 72.4 Å². The summed E-state index contributed by atoms with van der Waals surface area (Å²) in [6.07, 6.45) is 1.77. The summed E-state index contributed by atoms with van der Waals surface area (Å²) < 4.78 is 7.86. The molecule has 8 nitrogen and oxygen atoms in total. The molecule has 0 saturated carbocycles. The third-order valence-corrected chi connectivity index (χ3v) is 7.57. The van der Waals surface area contributed by atoms with Gasteiger partial charge < -0.3 is 9.84 Å². The first-order valence-corrected chi connectivity index (χ1v) is 12.4. The normalized spacial score (nSPS) is 17.3. The number of aliphatic hydroxyl groups is 1. The van der Waals surface area contributed by atoms with E-state index in [-0.39, 0.29) is 11.3 Å². The number of hydrogen-bond acceptors (Lipinski definition) is 7. The van der Waals surface area contributed by atoms with E-state index in [0.29, 0.717) is 39.0 Å². The summed E-state index contributed by atoms with van der Waals surface area (Å²) in [7, 11) is 1.58. The fourth-order valence-electron chi connectivity index (χ4n) is 4.74. The van der Waals surface area contributed by atoms with Crippen LogP contribution >= 0.6 is 11.3 Å². The number of aryl methyl sites for hydroxylation is 2. The Kier molecular flexibility index (Phi) is 5.31.